The third-order valence-corrected chi connectivity index (χ3v) is 5.18. The summed E-state index contributed by atoms with van der Waals surface area (Å²) >= 11 is 0. The summed E-state index contributed by atoms with van der Waals surface area (Å²) in [6.45, 7) is 4.32. The van der Waals surface area contributed by atoms with Crippen LogP contribution >= 0.6 is 0 Å². The first-order chi connectivity index (χ1) is 11.9. The normalized spacial score (nSPS) is 11.2. The Bertz CT molecular complexity index is 863. The molecule has 1 amide bonds. The predicted octanol–water partition coefficient (Wildman–Crippen LogP) is 2.23. The van der Waals surface area contributed by atoms with Crippen LogP contribution in [0, 0.1) is 6.92 Å². The van der Waals surface area contributed by atoms with Gasteiger partial charge in [-0.05, 0) is 43.2 Å². The summed E-state index contributed by atoms with van der Waals surface area (Å²) in [6.07, 6.45) is 0. The SMILES string of the molecule is CCNC(=O)c1cc(S(=O)(=O)NCc2ccccc2C)ccc1OC. The van der Waals surface area contributed by atoms with Gasteiger partial charge in [0.25, 0.3) is 5.91 Å². The molecule has 0 aliphatic rings. The lowest BCUT2D eigenvalue weighted by Gasteiger charge is -2.12. The molecule has 0 saturated carbocycles. The van der Waals surface area contributed by atoms with E-state index in [9.17, 15) is 13.2 Å². The molecule has 0 aliphatic carbocycles. The van der Waals surface area contributed by atoms with E-state index in [1.54, 1.807) is 6.92 Å². The first kappa shape index (κ1) is 19.0. The van der Waals surface area contributed by atoms with Gasteiger partial charge in [-0.15, -0.1) is 0 Å². The molecule has 25 heavy (non-hydrogen) atoms. The van der Waals surface area contributed by atoms with Gasteiger partial charge in [0.05, 0.1) is 17.6 Å². The Labute approximate surface area is 148 Å². The van der Waals surface area contributed by atoms with Gasteiger partial charge >= 0.3 is 0 Å². The highest BCUT2D eigenvalue weighted by molar-refractivity contribution is 7.89. The minimum atomic E-state index is -3.76. The maximum atomic E-state index is 12.6. The Kier molecular flexibility index (Phi) is 6.17. The quantitative estimate of drug-likeness (QED) is 0.791. The second-order valence-corrected chi connectivity index (χ2v) is 7.24. The van der Waals surface area contributed by atoms with E-state index in [-0.39, 0.29) is 22.9 Å². The first-order valence-corrected chi connectivity index (χ1v) is 9.37. The molecule has 7 heteroatoms. The second-order valence-electron chi connectivity index (χ2n) is 5.47. The third-order valence-electron chi connectivity index (χ3n) is 3.78. The standard InChI is InChI=1S/C18H22N2O4S/c1-4-19-18(21)16-11-15(9-10-17(16)24-3)25(22,23)20-12-14-8-6-5-7-13(14)2/h5-11,20H,4,12H2,1-3H3,(H,19,21). The molecule has 2 N–H and O–H groups in total. The average Bonchev–Trinajstić information content (AvgIpc) is 2.60. The summed E-state index contributed by atoms with van der Waals surface area (Å²) in [6, 6.07) is 11.8. The van der Waals surface area contributed by atoms with Crippen LogP contribution in [0.25, 0.3) is 0 Å². The van der Waals surface area contributed by atoms with Gasteiger partial charge in [0.1, 0.15) is 5.75 Å². The molecule has 2 aromatic carbocycles. The number of rotatable bonds is 7. The maximum Gasteiger partial charge on any atom is 0.255 e. The minimum Gasteiger partial charge on any atom is -0.496 e. The fourth-order valence-electron chi connectivity index (χ4n) is 2.35. The molecular formula is C18H22N2O4S. The minimum absolute atomic E-state index is 0.0168. The van der Waals surface area contributed by atoms with Crippen LogP contribution < -0.4 is 14.8 Å². The van der Waals surface area contributed by atoms with E-state index in [4.69, 9.17) is 4.74 Å². The summed E-state index contributed by atoms with van der Waals surface area (Å²) in [5.41, 5.74) is 2.08. The number of benzene rings is 2. The van der Waals surface area contributed by atoms with E-state index < -0.39 is 10.0 Å². The van der Waals surface area contributed by atoms with Gasteiger partial charge in [0.2, 0.25) is 10.0 Å². The van der Waals surface area contributed by atoms with E-state index in [0.29, 0.717) is 12.3 Å². The Morgan fingerprint density at radius 2 is 1.88 bits per heavy atom. The Morgan fingerprint density at radius 1 is 1.16 bits per heavy atom. The zero-order valence-corrected chi connectivity index (χ0v) is 15.3. The number of methoxy groups -OCH3 is 1. The molecule has 0 unspecified atom stereocenters. The maximum absolute atomic E-state index is 12.6. The van der Waals surface area contributed by atoms with E-state index in [0.717, 1.165) is 11.1 Å². The van der Waals surface area contributed by atoms with E-state index >= 15 is 0 Å². The number of aryl methyl sites for hydroxylation is 1. The van der Waals surface area contributed by atoms with Gasteiger partial charge in [0.15, 0.2) is 0 Å². The van der Waals surface area contributed by atoms with Gasteiger partial charge < -0.3 is 10.1 Å². The van der Waals surface area contributed by atoms with Crippen LogP contribution in [0.4, 0.5) is 0 Å². The van der Waals surface area contributed by atoms with Crippen LogP contribution in [-0.4, -0.2) is 28.0 Å². The zero-order chi connectivity index (χ0) is 18.4. The highest BCUT2D eigenvalue weighted by atomic mass is 32.2. The van der Waals surface area contributed by atoms with Crippen LogP contribution in [0.1, 0.15) is 28.4 Å². The fourth-order valence-corrected chi connectivity index (χ4v) is 3.38. The number of amides is 1. The van der Waals surface area contributed by atoms with Crippen molar-refractivity contribution in [1.82, 2.24) is 10.0 Å². The van der Waals surface area contributed by atoms with Crippen molar-refractivity contribution >= 4 is 15.9 Å². The van der Waals surface area contributed by atoms with Crippen molar-refractivity contribution in [3.8, 4) is 5.75 Å². The van der Waals surface area contributed by atoms with E-state index in [1.165, 1.54) is 25.3 Å². The zero-order valence-electron chi connectivity index (χ0n) is 14.5. The smallest absolute Gasteiger partial charge is 0.255 e. The molecule has 0 saturated heterocycles. The molecule has 0 atom stereocenters. The van der Waals surface area contributed by atoms with Crippen LogP contribution in [0.5, 0.6) is 5.75 Å². The van der Waals surface area contributed by atoms with Crippen molar-refractivity contribution in [2.24, 2.45) is 0 Å². The highest BCUT2D eigenvalue weighted by Gasteiger charge is 2.19. The number of sulfonamides is 1. The van der Waals surface area contributed by atoms with Crippen LogP contribution in [0.3, 0.4) is 0 Å². The Hall–Kier alpha value is -2.38. The topological polar surface area (TPSA) is 84.5 Å². The van der Waals surface area contributed by atoms with Gasteiger partial charge in [-0.2, -0.15) is 0 Å². The molecule has 2 rings (SSSR count). The first-order valence-electron chi connectivity index (χ1n) is 7.89. The molecule has 0 heterocycles. The Balaban J connectivity index is 2.28. The summed E-state index contributed by atoms with van der Waals surface area (Å²) < 4.78 is 32.8. The molecule has 0 fully saturated rings. The van der Waals surface area contributed by atoms with Crippen molar-refractivity contribution in [3.63, 3.8) is 0 Å². The van der Waals surface area contributed by atoms with Crippen molar-refractivity contribution in [3.05, 3.63) is 59.2 Å². The molecule has 0 bridgehead atoms. The predicted molar refractivity (Wildman–Crippen MR) is 96.2 cm³/mol. The fraction of sp³-hybridized carbons (Fsp3) is 0.278. The molecule has 0 spiro atoms. The van der Waals surface area contributed by atoms with Crippen LogP contribution in [0.2, 0.25) is 0 Å². The number of hydrogen-bond donors (Lipinski definition) is 2. The summed E-state index contributed by atoms with van der Waals surface area (Å²) in [5, 5.41) is 2.65. The van der Waals surface area contributed by atoms with Crippen LogP contribution in [-0.2, 0) is 16.6 Å². The molecule has 0 radical (unpaired) electrons. The monoisotopic (exact) mass is 362 g/mol. The number of carbonyl (C=O) groups is 1. The van der Waals surface area contributed by atoms with Gasteiger partial charge in [-0.1, -0.05) is 24.3 Å². The van der Waals surface area contributed by atoms with Crippen molar-refractivity contribution in [2.45, 2.75) is 25.3 Å². The Morgan fingerprint density at radius 3 is 2.52 bits per heavy atom. The lowest BCUT2D eigenvalue weighted by Crippen LogP contribution is -2.26. The number of nitrogens with one attached hydrogen (secondary N) is 2. The number of carbonyl (C=O) groups excluding carboxylic acids is 1. The third kappa shape index (κ3) is 4.58. The molecule has 0 aromatic heterocycles. The number of ether oxygens (including phenoxy) is 1. The molecule has 6 nitrogen and oxygen atoms in total. The molecule has 0 aliphatic heterocycles. The average molecular weight is 362 g/mol. The molecule has 2 aromatic rings. The number of hydrogen-bond acceptors (Lipinski definition) is 4. The van der Waals surface area contributed by atoms with Crippen molar-refractivity contribution in [2.75, 3.05) is 13.7 Å². The lowest BCUT2D eigenvalue weighted by atomic mass is 10.1. The van der Waals surface area contributed by atoms with Gasteiger partial charge in [-0.25, -0.2) is 13.1 Å². The summed E-state index contributed by atoms with van der Waals surface area (Å²) in [5.74, 6) is -0.0564. The van der Waals surface area contributed by atoms with Gasteiger partial charge in [0, 0.05) is 13.1 Å². The second kappa shape index (κ2) is 8.13. The molecule has 134 valence electrons. The highest BCUT2D eigenvalue weighted by Crippen LogP contribution is 2.22. The van der Waals surface area contributed by atoms with E-state index in [1.807, 2.05) is 31.2 Å². The van der Waals surface area contributed by atoms with Crippen molar-refractivity contribution in [1.29, 1.82) is 0 Å². The molecular weight excluding hydrogens is 340 g/mol. The lowest BCUT2D eigenvalue weighted by molar-refractivity contribution is 0.0952. The summed E-state index contributed by atoms with van der Waals surface area (Å²) in [4.78, 5) is 12.1. The van der Waals surface area contributed by atoms with Gasteiger partial charge in [-0.3, -0.25) is 4.79 Å². The largest absolute Gasteiger partial charge is 0.496 e. The van der Waals surface area contributed by atoms with Crippen LogP contribution in [0.15, 0.2) is 47.4 Å². The van der Waals surface area contributed by atoms with Crippen molar-refractivity contribution < 1.29 is 17.9 Å². The van der Waals surface area contributed by atoms with E-state index in [2.05, 4.69) is 10.0 Å². The summed E-state index contributed by atoms with van der Waals surface area (Å²) in [7, 11) is -2.32.